The number of anilines is 2. The average Bonchev–Trinajstić information content (AvgIpc) is 2.27. The van der Waals surface area contributed by atoms with Crippen molar-refractivity contribution >= 4 is 11.5 Å². The summed E-state index contributed by atoms with van der Waals surface area (Å²) in [7, 11) is 0. The molecule has 0 saturated heterocycles. The summed E-state index contributed by atoms with van der Waals surface area (Å²) >= 11 is 0. The van der Waals surface area contributed by atoms with Gasteiger partial charge < -0.3 is 10.6 Å². The van der Waals surface area contributed by atoms with Crippen molar-refractivity contribution in [3.05, 3.63) is 17.8 Å². The maximum absolute atomic E-state index is 4.38. The lowest BCUT2D eigenvalue weighted by atomic mass is 9.97. The number of hydrogen-bond acceptors (Lipinski definition) is 3. The number of nitrogens with zero attached hydrogens (tertiary/aromatic N) is 1. The first-order valence-electron chi connectivity index (χ1n) is 6.09. The number of hydrogen-bond donors (Lipinski definition) is 2. The quantitative estimate of drug-likeness (QED) is 0.802. The van der Waals surface area contributed by atoms with Gasteiger partial charge in [-0.2, -0.15) is 0 Å². The van der Waals surface area contributed by atoms with E-state index in [0.717, 1.165) is 12.4 Å². The zero-order valence-corrected chi connectivity index (χ0v) is 10.5. The molecule has 0 amide bonds. The van der Waals surface area contributed by atoms with Crippen LogP contribution in [0, 0.1) is 5.92 Å². The van der Waals surface area contributed by atoms with Gasteiger partial charge in [0.15, 0.2) is 0 Å². The molecule has 16 heavy (non-hydrogen) atoms. The van der Waals surface area contributed by atoms with Crippen molar-refractivity contribution in [1.82, 2.24) is 4.98 Å². The van der Waals surface area contributed by atoms with Crippen molar-refractivity contribution in [1.29, 1.82) is 0 Å². The van der Waals surface area contributed by atoms with E-state index in [1.165, 1.54) is 11.3 Å². The Hall–Kier alpha value is -1.25. The van der Waals surface area contributed by atoms with Crippen molar-refractivity contribution in [2.24, 2.45) is 5.92 Å². The van der Waals surface area contributed by atoms with Crippen LogP contribution < -0.4 is 10.6 Å². The summed E-state index contributed by atoms with van der Waals surface area (Å²) in [4.78, 5) is 4.38. The lowest BCUT2D eigenvalue weighted by Crippen LogP contribution is -2.38. The molecule has 0 bridgehead atoms. The van der Waals surface area contributed by atoms with E-state index in [-0.39, 0.29) is 0 Å². The van der Waals surface area contributed by atoms with Gasteiger partial charge in [-0.05, 0) is 23.5 Å². The molecule has 0 radical (unpaired) electrons. The third-order valence-electron chi connectivity index (χ3n) is 3.23. The Bertz CT molecular complexity index is 371. The zero-order valence-electron chi connectivity index (χ0n) is 10.5. The molecule has 0 spiro atoms. The number of fused-ring (bicyclic) bond motifs is 1. The predicted octanol–water partition coefficient (Wildman–Crippen LogP) is 3.07. The summed E-state index contributed by atoms with van der Waals surface area (Å²) in [6, 6.07) is 2.61. The second-order valence-electron chi connectivity index (χ2n) is 5.15. The smallest absolute Gasteiger partial charge is 0.149 e. The molecule has 88 valence electrons. The first kappa shape index (κ1) is 11.2. The molecule has 1 aliphatic heterocycles. The Labute approximate surface area is 97.7 Å². The van der Waals surface area contributed by atoms with Crippen LogP contribution >= 0.6 is 0 Å². The van der Waals surface area contributed by atoms with Crippen LogP contribution in [0.5, 0.6) is 0 Å². The summed E-state index contributed by atoms with van der Waals surface area (Å²) in [5.41, 5.74) is 2.55. The number of rotatable bonds is 2. The van der Waals surface area contributed by atoms with Crippen LogP contribution in [0.15, 0.2) is 12.3 Å². The van der Waals surface area contributed by atoms with Gasteiger partial charge in [0, 0.05) is 18.8 Å². The number of aromatic nitrogens is 1. The van der Waals surface area contributed by atoms with Gasteiger partial charge in [0.2, 0.25) is 0 Å². The molecule has 0 aromatic carbocycles. The Morgan fingerprint density at radius 3 is 2.69 bits per heavy atom. The van der Waals surface area contributed by atoms with Crippen LogP contribution in [-0.2, 0) is 0 Å². The molecule has 3 heteroatoms. The zero-order chi connectivity index (χ0) is 11.7. The van der Waals surface area contributed by atoms with E-state index in [2.05, 4.69) is 49.4 Å². The summed E-state index contributed by atoms with van der Waals surface area (Å²) in [6.07, 6.45) is 1.89. The minimum atomic E-state index is 0.495. The first-order valence-corrected chi connectivity index (χ1v) is 6.09. The number of nitrogens with one attached hydrogen (secondary N) is 2. The van der Waals surface area contributed by atoms with Crippen molar-refractivity contribution in [3.8, 4) is 0 Å². The standard InChI is InChI=1S/C13H21N3/c1-8(2)10-5-6-14-13-12(10)16-11(7-15-13)9(3)4/h5-6,8-9,11,16H,7H2,1-4H3,(H,14,15)/t11-/m1/s1. The van der Waals surface area contributed by atoms with Crippen molar-refractivity contribution in [2.75, 3.05) is 17.2 Å². The van der Waals surface area contributed by atoms with Crippen LogP contribution in [0.2, 0.25) is 0 Å². The molecular formula is C13H21N3. The Balaban J connectivity index is 2.34. The molecule has 3 nitrogen and oxygen atoms in total. The lowest BCUT2D eigenvalue weighted by molar-refractivity contribution is 0.534. The van der Waals surface area contributed by atoms with Crippen LogP contribution in [0.3, 0.4) is 0 Å². The Morgan fingerprint density at radius 2 is 2.06 bits per heavy atom. The minimum Gasteiger partial charge on any atom is -0.377 e. The van der Waals surface area contributed by atoms with Crippen molar-refractivity contribution in [3.63, 3.8) is 0 Å². The van der Waals surface area contributed by atoms with Crippen LogP contribution in [0.25, 0.3) is 0 Å². The molecule has 0 aliphatic carbocycles. The van der Waals surface area contributed by atoms with Gasteiger partial charge in [-0.15, -0.1) is 0 Å². The van der Waals surface area contributed by atoms with E-state index in [1.54, 1.807) is 0 Å². The molecule has 1 aliphatic rings. The van der Waals surface area contributed by atoms with Gasteiger partial charge >= 0.3 is 0 Å². The molecule has 0 unspecified atom stereocenters. The Kier molecular flexibility index (Phi) is 3.03. The lowest BCUT2D eigenvalue weighted by Gasteiger charge is -2.32. The van der Waals surface area contributed by atoms with Crippen LogP contribution in [0.4, 0.5) is 11.5 Å². The molecule has 0 saturated carbocycles. The highest BCUT2D eigenvalue weighted by atomic mass is 15.1. The fraction of sp³-hybridized carbons (Fsp3) is 0.615. The highest BCUT2D eigenvalue weighted by Gasteiger charge is 2.23. The predicted molar refractivity (Wildman–Crippen MR) is 69.1 cm³/mol. The monoisotopic (exact) mass is 219 g/mol. The largest absolute Gasteiger partial charge is 0.377 e. The molecule has 1 atom stereocenters. The molecular weight excluding hydrogens is 198 g/mol. The topological polar surface area (TPSA) is 37.0 Å². The minimum absolute atomic E-state index is 0.495. The van der Waals surface area contributed by atoms with E-state index < -0.39 is 0 Å². The highest BCUT2D eigenvalue weighted by molar-refractivity contribution is 5.71. The summed E-state index contributed by atoms with van der Waals surface area (Å²) in [5.74, 6) is 2.15. The van der Waals surface area contributed by atoms with Crippen molar-refractivity contribution < 1.29 is 0 Å². The van der Waals surface area contributed by atoms with Crippen LogP contribution in [0.1, 0.15) is 39.2 Å². The van der Waals surface area contributed by atoms with Gasteiger partial charge in [0.1, 0.15) is 5.82 Å². The third-order valence-corrected chi connectivity index (χ3v) is 3.23. The van der Waals surface area contributed by atoms with E-state index >= 15 is 0 Å². The second kappa shape index (κ2) is 4.32. The highest BCUT2D eigenvalue weighted by Crippen LogP contribution is 2.33. The summed E-state index contributed by atoms with van der Waals surface area (Å²) < 4.78 is 0. The summed E-state index contributed by atoms with van der Waals surface area (Å²) in [5, 5.41) is 7.04. The van der Waals surface area contributed by atoms with Gasteiger partial charge in [-0.3, -0.25) is 0 Å². The summed E-state index contributed by atoms with van der Waals surface area (Å²) in [6.45, 7) is 9.89. The Morgan fingerprint density at radius 1 is 1.31 bits per heavy atom. The average molecular weight is 219 g/mol. The first-order chi connectivity index (χ1) is 7.59. The molecule has 1 aromatic heterocycles. The molecule has 1 aromatic rings. The fourth-order valence-electron chi connectivity index (χ4n) is 2.09. The normalized spacial score (nSPS) is 19.2. The van der Waals surface area contributed by atoms with Gasteiger partial charge in [0.25, 0.3) is 0 Å². The molecule has 2 heterocycles. The third kappa shape index (κ3) is 1.99. The fourth-order valence-corrected chi connectivity index (χ4v) is 2.09. The second-order valence-corrected chi connectivity index (χ2v) is 5.15. The van der Waals surface area contributed by atoms with E-state index in [0.29, 0.717) is 17.9 Å². The molecule has 2 rings (SSSR count). The maximum atomic E-state index is 4.38. The van der Waals surface area contributed by atoms with Gasteiger partial charge in [-0.25, -0.2) is 4.98 Å². The van der Waals surface area contributed by atoms with E-state index in [9.17, 15) is 0 Å². The maximum Gasteiger partial charge on any atom is 0.149 e. The van der Waals surface area contributed by atoms with Gasteiger partial charge in [-0.1, -0.05) is 27.7 Å². The van der Waals surface area contributed by atoms with E-state index in [1.807, 2.05) is 6.20 Å². The van der Waals surface area contributed by atoms with Crippen LogP contribution in [-0.4, -0.2) is 17.6 Å². The van der Waals surface area contributed by atoms with Crippen molar-refractivity contribution in [2.45, 2.75) is 39.7 Å². The molecule has 0 fully saturated rings. The van der Waals surface area contributed by atoms with Gasteiger partial charge in [0.05, 0.1) is 5.69 Å². The number of pyridine rings is 1. The van der Waals surface area contributed by atoms with E-state index in [4.69, 9.17) is 0 Å². The molecule has 2 N–H and O–H groups in total. The SMILES string of the molecule is CC(C)c1ccnc2c1N[C@@H](C(C)C)CN2.